The third kappa shape index (κ3) is 3.32. The highest BCUT2D eigenvalue weighted by Gasteiger charge is 2.24. The van der Waals surface area contributed by atoms with Gasteiger partial charge < -0.3 is 9.47 Å². The molecule has 0 N–H and O–H groups in total. The van der Waals surface area contributed by atoms with E-state index in [4.69, 9.17) is 9.47 Å². The van der Waals surface area contributed by atoms with Crippen LogP contribution in [0, 0.1) is 0 Å². The third-order valence-electron chi connectivity index (χ3n) is 2.83. The first-order valence-electron chi connectivity index (χ1n) is 5.74. The molecule has 0 amide bonds. The number of hydrogen-bond donors (Lipinski definition) is 0. The first kappa shape index (κ1) is 13.2. The number of nitrogens with zero attached hydrogens (tertiary/aromatic N) is 1. The fourth-order valence-electron chi connectivity index (χ4n) is 2.04. The van der Waals surface area contributed by atoms with E-state index in [1.54, 1.807) is 7.11 Å². The molecule has 4 nitrogen and oxygen atoms in total. The summed E-state index contributed by atoms with van der Waals surface area (Å²) in [5, 5.41) is 0. The van der Waals surface area contributed by atoms with Gasteiger partial charge in [-0.3, -0.25) is 4.90 Å². The molecule has 1 heterocycles. The van der Waals surface area contributed by atoms with Crippen molar-refractivity contribution >= 4 is 5.97 Å². The normalized spacial score (nSPS) is 21.7. The Morgan fingerprint density at radius 3 is 2.88 bits per heavy atom. The summed E-state index contributed by atoms with van der Waals surface area (Å²) in [6.07, 6.45) is 3.86. The Bertz CT molecular complexity index is 263. The molecule has 1 rings (SSSR count). The fraction of sp³-hybridized carbons (Fsp3) is 0.750. The summed E-state index contributed by atoms with van der Waals surface area (Å²) in [5.74, 6) is -0.211. The van der Waals surface area contributed by atoms with E-state index in [1.165, 1.54) is 7.11 Å². The highest BCUT2D eigenvalue weighted by atomic mass is 16.5. The second kappa shape index (κ2) is 6.66. The topological polar surface area (TPSA) is 38.8 Å². The van der Waals surface area contributed by atoms with Crippen LogP contribution >= 0.6 is 0 Å². The van der Waals surface area contributed by atoms with E-state index in [-0.39, 0.29) is 12.0 Å². The zero-order valence-corrected chi connectivity index (χ0v) is 10.4. The summed E-state index contributed by atoms with van der Waals surface area (Å²) in [5.41, 5.74) is 0.775. The van der Waals surface area contributed by atoms with Gasteiger partial charge in [0.25, 0.3) is 0 Å². The molecule has 1 atom stereocenters. The minimum atomic E-state index is -0.211. The summed E-state index contributed by atoms with van der Waals surface area (Å²) in [6.45, 7) is 4.73. The first-order valence-corrected chi connectivity index (χ1v) is 5.74. The molecule has 0 aromatic rings. The lowest BCUT2D eigenvalue weighted by atomic mass is 10.0. The molecule has 0 radical (unpaired) electrons. The van der Waals surface area contributed by atoms with Crippen molar-refractivity contribution in [1.29, 1.82) is 0 Å². The van der Waals surface area contributed by atoms with Crippen LogP contribution in [0.4, 0.5) is 0 Å². The molecule has 0 saturated carbocycles. The van der Waals surface area contributed by atoms with Crippen LogP contribution in [0.5, 0.6) is 0 Å². The Labute approximate surface area is 97.2 Å². The molecule has 0 aromatic heterocycles. The van der Waals surface area contributed by atoms with Crippen molar-refractivity contribution in [2.45, 2.75) is 25.8 Å². The molecule has 92 valence electrons. The Hall–Kier alpha value is -0.870. The standard InChI is InChI=1S/C12H21NO3/c1-4-6-13-7-5-10(12(14)16-3)8-11(13)9-15-2/h8,11H,4-7,9H2,1-3H3. The number of hydrogen-bond acceptors (Lipinski definition) is 4. The fourth-order valence-corrected chi connectivity index (χ4v) is 2.04. The molecule has 16 heavy (non-hydrogen) atoms. The molecule has 1 aliphatic heterocycles. The zero-order valence-electron chi connectivity index (χ0n) is 10.4. The van der Waals surface area contributed by atoms with E-state index in [0.29, 0.717) is 6.61 Å². The van der Waals surface area contributed by atoms with Gasteiger partial charge in [0.1, 0.15) is 0 Å². The lowest BCUT2D eigenvalue weighted by Crippen LogP contribution is -2.42. The van der Waals surface area contributed by atoms with E-state index in [2.05, 4.69) is 11.8 Å². The van der Waals surface area contributed by atoms with Crippen LogP contribution in [0.2, 0.25) is 0 Å². The number of carbonyl (C=O) groups excluding carboxylic acids is 1. The highest BCUT2D eigenvalue weighted by Crippen LogP contribution is 2.18. The average Bonchev–Trinajstić information content (AvgIpc) is 2.31. The van der Waals surface area contributed by atoms with Crippen LogP contribution in [0.15, 0.2) is 11.6 Å². The second-order valence-corrected chi connectivity index (χ2v) is 3.99. The summed E-state index contributed by atoms with van der Waals surface area (Å²) in [7, 11) is 3.11. The number of esters is 1. The molecular formula is C12H21NO3. The SMILES string of the molecule is CCCN1CCC(C(=O)OC)=CC1COC. The Morgan fingerprint density at radius 1 is 1.56 bits per heavy atom. The molecule has 0 saturated heterocycles. The van der Waals surface area contributed by atoms with Crippen LogP contribution in [-0.4, -0.2) is 50.8 Å². The molecule has 0 fully saturated rings. The van der Waals surface area contributed by atoms with Gasteiger partial charge in [0, 0.05) is 19.2 Å². The van der Waals surface area contributed by atoms with Crippen LogP contribution in [0.25, 0.3) is 0 Å². The Balaban J connectivity index is 2.71. The molecular weight excluding hydrogens is 206 g/mol. The van der Waals surface area contributed by atoms with E-state index in [1.807, 2.05) is 6.08 Å². The minimum absolute atomic E-state index is 0.202. The van der Waals surface area contributed by atoms with Gasteiger partial charge >= 0.3 is 5.97 Å². The third-order valence-corrected chi connectivity index (χ3v) is 2.83. The van der Waals surface area contributed by atoms with E-state index in [9.17, 15) is 4.79 Å². The van der Waals surface area contributed by atoms with Gasteiger partial charge in [0.05, 0.1) is 19.8 Å². The maximum Gasteiger partial charge on any atom is 0.333 e. The molecule has 0 spiro atoms. The van der Waals surface area contributed by atoms with Gasteiger partial charge in [-0.05, 0) is 19.4 Å². The van der Waals surface area contributed by atoms with Gasteiger partial charge in [0.2, 0.25) is 0 Å². The maximum atomic E-state index is 11.4. The molecule has 1 unspecified atom stereocenters. The van der Waals surface area contributed by atoms with Crippen LogP contribution in [0.3, 0.4) is 0 Å². The van der Waals surface area contributed by atoms with Crippen LogP contribution < -0.4 is 0 Å². The van der Waals surface area contributed by atoms with Crippen molar-refractivity contribution in [3.05, 3.63) is 11.6 Å². The molecule has 0 bridgehead atoms. The van der Waals surface area contributed by atoms with E-state index < -0.39 is 0 Å². The zero-order chi connectivity index (χ0) is 12.0. The van der Waals surface area contributed by atoms with Gasteiger partial charge in [-0.15, -0.1) is 0 Å². The van der Waals surface area contributed by atoms with Gasteiger partial charge in [-0.2, -0.15) is 0 Å². The maximum absolute atomic E-state index is 11.4. The lowest BCUT2D eigenvalue weighted by molar-refractivity contribution is -0.136. The molecule has 0 aliphatic carbocycles. The molecule has 4 heteroatoms. The largest absolute Gasteiger partial charge is 0.466 e. The van der Waals surface area contributed by atoms with E-state index >= 15 is 0 Å². The van der Waals surface area contributed by atoms with E-state index in [0.717, 1.165) is 31.5 Å². The smallest absolute Gasteiger partial charge is 0.333 e. The summed E-state index contributed by atoms with van der Waals surface area (Å²) >= 11 is 0. The lowest BCUT2D eigenvalue weighted by Gasteiger charge is -2.33. The number of ether oxygens (including phenoxy) is 2. The number of carbonyl (C=O) groups is 1. The van der Waals surface area contributed by atoms with Crippen LogP contribution in [0.1, 0.15) is 19.8 Å². The van der Waals surface area contributed by atoms with Crippen molar-refractivity contribution < 1.29 is 14.3 Å². The Morgan fingerprint density at radius 2 is 2.31 bits per heavy atom. The molecule has 1 aliphatic rings. The van der Waals surface area contributed by atoms with Crippen molar-refractivity contribution in [2.75, 3.05) is 33.9 Å². The van der Waals surface area contributed by atoms with Gasteiger partial charge in [-0.25, -0.2) is 4.79 Å². The Kier molecular flexibility index (Phi) is 5.49. The minimum Gasteiger partial charge on any atom is -0.466 e. The highest BCUT2D eigenvalue weighted by molar-refractivity contribution is 5.88. The molecule has 0 aromatic carbocycles. The van der Waals surface area contributed by atoms with Crippen LogP contribution in [-0.2, 0) is 14.3 Å². The average molecular weight is 227 g/mol. The predicted octanol–water partition coefficient (Wildman–Crippen LogP) is 1.22. The van der Waals surface area contributed by atoms with Gasteiger partial charge in [0.15, 0.2) is 0 Å². The van der Waals surface area contributed by atoms with Crippen molar-refractivity contribution in [3.63, 3.8) is 0 Å². The quantitative estimate of drug-likeness (QED) is 0.662. The summed E-state index contributed by atoms with van der Waals surface area (Å²) < 4.78 is 9.93. The monoisotopic (exact) mass is 227 g/mol. The first-order chi connectivity index (χ1) is 7.72. The predicted molar refractivity (Wildman–Crippen MR) is 62.2 cm³/mol. The number of rotatable bonds is 5. The second-order valence-electron chi connectivity index (χ2n) is 3.99. The summed E-state index contributed by atoms with van der Waals surface area (Å²) in [4.78, 5) is 13.8. The number of methoxy groups -OCH3 is 2. The van der Waals surface area contributed by atoms with Gasteiger partial charge in [-0.1, -0.05) is 13.0 Å². The van der Waals surface area contributed by atoms with Crippen molar-refractivity contribution in [2.24, 2.45) is 0 Å². The van der Waals surface area contributed by atoms with Crippen molar-refractivity contribution in [1.82, 2.24) is 4.90 Å². The van der Waals surface area contributed by atoms with Crippen molar-refractivity contribution in [3.8, 4) is 0 Å². The summed E-state index contributed by atoms with van der Waals surface area (Å²) in [6, 6.07) is 0.202.